The monoisotopic (exact) mass is 327 g/mol. The lowest BCUT2D eigenvalue weighted by Gasteiger charge is -2.06. The average Bonchev–Trinajstić information content (AvgIpc) is 2.33. The van der Waals surface area contributed by atoms with Gasteiger partial charge in [0.1, 0.15) is 11.4 Å². The molecular formula is C11H7BrFN3O3. The molecule has 0 saturated carbocycles. The van der Waals surface area contributed by atoms with Crippen LogP contribution in [-0.2, 0) is 0 Å². The minimum Gasteiger partial charge on any atom is -0.321 e. The van der Waals surface area contributed by atoms with Gasteiger partial charge in [-0.15, -0.1) is 0 Å². The molecule has 2 rings (SSSR count). The molecule has 98 valence electrons. The predicted octanol–water partition coefficient (Wildman–Crippen LogP) is 1.22. The number of aromatic nitrogens is 2. The molecule has 1 aromatic carbocycles. The molecule has 8 heteroatoms. The Balaban J connectivity index is 2.33. The van der Waals surface area contributed by atoms with Crippen molar-refractivity contribution in [2.75, 3.05) is 5.32 Å². The Hall–Kier alpha value is -2.22. The van der Waals surface area contributed by atoms with Gasteiger partial charge in [-0.2, -0.15) is 0 Å². The second-order valence-electron chi connectivity index (χ2n) is 3.56. The van der Waals surface area contributed by atoms with Gasteiger partial charge in [0.15, 0.2) is 0 Å². The molecule has 0 atom stereocenters. The Morgan fingerprint density at radius 3 is 2.74 bits per heavy atom. The third-order valence-corrected chi connectivity index (χ3v) is 2.93. The van der Waals surface area contributed by atoms with E-state index in [1.165, 1.54) is 12.1 Å². The third kappa shape index (κ3) is 2.97. The van der Waals surface area contributed by atoms with E-state index in [4.69, 9.17) is 0 Å². The summed E-state index contributed by atoms with van der Waals surface area (Å²) in [5, 5.41) is 2.36. The van der Waals surface area contributed by atoms with Crippen LogP contribution in [0.4, 0.5) is 10.1 Å². The Bertz CT molecular complexity index is 753. The number of amides is 1. The van der Waals surface area contributed by atoms with Gasteiger partial charge in [-0.3, -0.25) is 14.6 Å². The lowest BCUT2D eigenvalue weighted by atomic mass is 10.2. The minimum atomic E-state index is -0.825. The minimum absolute atomic E-state index is 0.176. The van der Waals surface area contributed by atoms with E-state index in [1.807, 2.05) is 4.98 Å². The van der Waals surface area contributed by atoms with Crippen LogP contribution in [0.15, 0.2) is 38.5 Å². The smallest absolute Gasteiger partial charge is 0.321 e. The summed E-state index contributed by atoms with van der Waals surface area (Å²) in [6.45, 7) is 0. The van der Waals surface area contributed by atoms with Crippen LogP contribution in [-0.4, -0.2) is 15.9 Å². The summed E-state index contributed by atoms with van der Waals surface area (Å²) in [4.78, 5) is 38.1. The molecule has 0 aliphatic heterocycles. The number of aromatic amines is 2. The van der Waals surface area contributed by atoms with Crippen LogP contribution in [0.1, 0.15) is 10.4 Å². The zero-order valence-electron chi connectivity index (χ0n) is 9.29. The molecule has 6 nitrogen and oxygen atoms in total. The van der Waals surface area contributed by atoms with Gasteiger partial charge in [-0.05, 0) is 34.1 Å². The Kier molecular flexibility index (Phi) is 3.61. The summed E-state index contributed by atoms with van der Waals surface area (Å²) in [5.74, 6) is -1.29. The molecule has 0 aliphatic rings. The van der Waals surface area contributed by atoms with Crippen LogP contribution in [0.25, 0.3) is 0 Å². The Morgan fingerprint density at radius 2 is 2.05 bits per heavy atom. The normalized spacial score (nSPS) is 10.2. The number of nitrogens with one attached hydrogen (secondary N) is 3. The van der Waals surface area contributed by atoms with Crippen molar-refractivity contribution in [3.63, 3.8) is 0 Å². The van der Waals surface area contributed by atoms with E-state index in [1.54, 1.807) is 0 Å². The lowest BCUT2D eigenvalue weighted by Crippen LogP contribution is -2.29. The summed E-state index contributed by atoms with van der Waals surface area (Å²) < 4.78 is 13.5. The zero-order valence-corrected chi connectivity index (χ0v) is 10.9. The van der Waals surface area contributed by atoms with E-state index in [-0.39, 0.29) is 11.3 Å². The number of hydrogen-bond acceptors (Lipinski definition) is 3. The van der Waals surface area contributed by atoms with Gasteiger partial charge in [0.2, 0.25) is 0 Å². The van der Waals surface area contributed by atoms with Crippen molar-refractivity contribution >= 4 is 27.5 Å². The zero-order chi connectivity index (χ0) is 14.0. The van der Waals surface area contributed by atoms with Crippen LogP contribution in [0, 0.1) is 5.82 Å². The lowest BCUT2D eigenvalue weighted by molar-refractivity contribution is 0.102. The van der Waals surface area contributed by atoms with Crippen molar-refractivity contribution in [3.8, 4) is 0 Å². The Morgan fingerprint density at radius 1 is 1.32 bits per heavy atom. The SMILES string of the molecule is O=C(Nc1cc(F)ccc1Br)c1c[nH]c(=O)[nH]c1=O. The molecular weight excluding hydrogens is 321 g/mol. The second kappa shape index (κ2) is 5.19. The van der Waals surface area contributed by atoms with Gasteiger partial charge in [0, 0.05) is 10.7 Å². The first-order chi connectivity index (χ1) is 8.97. The molecule has 1 amide bonds. The van der Waals surface area contributed by atoms with Gasteiger partial charge in [0.25, 0.3) is 11.5 Å². The predicted molar refractivity (Wildman–Crippen MR) is 69.7 cm³/mol. The highest BCUT2D eigenvalue weighted by atomic mass is 79.9. The average molecular weight is 328 g/mol. The molecule has 1 aromatic heterocycles. The maximum atomic E-state index is 13.0. The molecule has 19 heavy (non-hydrogen) atoms. The van der Waals surface area contributed by atoms with Gasteiger partial charge in [-0.1, -0.05) is 0 Å². The highest BCUT2D eigenvalue weighted by molar-refractivity contribution is 9.10. The fourth-order valence-electron chi connectivity index (χ4n) is 1.36. The van der Waals surface area contributed by atoms with Crippen molar-refractivity contribution in [2.45, 2.75) is 0 Å². The quantitative estimate of drug-likeness (QED) is 0.773. The van der Waals surface area contributed by atoms with Gasteiger partial charge < -0.3 is 10.3 Å². The number of hydrogen-bond donors (Lipinski definition) is 3. The molecule has 0 aliphatic carbocycles. The first-order valence-corrected chi connectivity index (χ1v) is 5.85. The molecule has 2 aromatic rings. The molecule has 0 fully saturated rings. The largest absolute Gasteiger partial charge is 0.325 e. The fourth-order valence-corrected chi connectivity index (χ4v) is 1.71. The summed E-state index contributed by atoms with van der Waals surface area (Å²) >= 11 is 3.14. The van der Waals surface area contributed by atoms with Crippen molar-refractivity contribution in [1.82, 2.24) is 9.97 Å². The fraction of sp³-hybridized carbons (Fsp3) is 0. The van der Waals surface area contributed by atoms with E-state index in [0.717, 1.165) is 12.3 Å². The van der Waals surface area contributed by atoms with Crippen molar-refractivity contribution in [2.24, 2.45) is 0 Å². The number of halogens is 2. The summed E-state index contributed by atoms with van der Waals surface area (Å²) in [7, 11) is 0. The van der Waals surface area contributed by atoms with Crippen LogP contribution in [0.3, 0.4) is 0 Å². The molecule has 0 radical (unpaired) electrons. The van der Waals surface area contributed by atoms with Gasteiger partial charge in [0.05, 0.1) is 5.69 Å². The maximum Gasteiger partial charge on any atom is 0.325 e. The summed E-state index contributed by atoms with van der Waals surface area (Å²) in [6, 6.07) is 3.73. The molecule has 0 unspecified atom stereocenters. The maximum absolute atomic E-state index is 13.0. The van der Waals surface area contributed by atoms with E-state index >= 15 is 0 Å². The second-order valence-corrected chi connectivity index (χ2v) is 4.42. The number of benzene rings is 1. The van der Waals surface area contributed by atoms with Crippen molar-refractivity contribution in [3.05, 3.63) is 61.1 Å². The number of rotatable bonds is 2. The van der Waals surface area contributed by atoms with Gasteiger partial charge >= 0.3 is 5.69 Å². The van der Waals surface area contributed by atoms with Crippen molar-refractivity contribution in [1.29, 1.82) is 0 Å². The first kappa shape index (κ1) is 13.2. The van der Waals surface area contributed by atoms with E-state index in [0.29, 0.717) is 4.47 Å². The summed E-state index contributed by atoms with van der Waals surface area (Å²) in [5.41, 5.74) is -1.64. The van der Waals surface area contributed by atoms with E-state index < -0.39 is 23.0 Å². The number of carbonyl (C=O) groups excluding carboxylic acids is 1. The van der Waals surface area contributed by atoms with Crippen molar-refractivity contribution < 1.29 is 9.18 Å². The molecule has 1 heterocycles. The highest BCUT2D eigenvalue weighted by Gasteiger charge is 2.13. The first-order valence-electron chi connectivity index (χ1n) is 5.06. The third-order valence-electron chi connectivity index (χ3n) is 2.24. The Labute approximate surface area is 113 Å². The van der Waals surface area contributed by atoms with Crippen LogP contribution >= 0.6 is 15.9 Å². The van der Waals surface area contributed by atoms with Crippen LogP contribution < -0.4 is 16.6 Å². The number of anilines is 1. The molecule has 0 bridgehead atoms. The standard InChI is InChI=1S/C11H7BrFN3O3/c12-7-2-1-5(13)3-8(7)15-9(17)6-4-14-11(19)16-10(6)18/h1-4H,(H,15,17)(H2,14,16,18,19). The van der Waals surface area contributed by atoms with Crippen LogP contribution in [0.5, 0.6) is 0 Å². The molecule has 3 N–H and O–H groups in total. The number of H-pyrrole nitrogens is 2. The highest BCUT2D eigenvalue weighted by Crippen LogP contribution is 2.23. The molecule has 0 spiro atoms. The topological polar surface area (TPSA) is 94.8 Å². The number of carbonyl (C=O) groups is 1. The summed E-state index contributed by atoms with van der Waals surface area (Å²) in [6.07, 6.45) is 0.990. The van der Waals surface area contributed by atoms with Gasteiger partial charge in [-0.25, -0.2) is 9.18 Å². The van der Waals surface area contributed by atoms with E-state index in [9.17, 15) is 18.8 Å². The van der Waals surface area contributed by atoms with Crippen LogP contribution in [0.2, 0.25) is 0 Å². The van der Waals surface area contributed by atoms with E-state index in [2.05, 4.69) is 26.2 Å². The molecule has 0 saturated heterocycles.